The van der Waals surface area contributed by atoms with Gasteiger partial charge in [0.15, 0.2) is 0 Å². The molecule has 0 aromatic heterocycles. The Morgan fingerprint density at radius 1 is 1.47 bits per heavy atom. The monoisotopic (exact) mass is 238 g/mol. The fraction of sp³-hybridized carbons (Fsp3) is 0.733. The van der Waals surface area contributed by atoms with Gasteiger partial charge in [0.05, 0.1) is 17.3 Å². The van der Waals surface area contributed by atoms with E-state index in [2.05, 4.69) is 26.5 Å². The van der Waals surface area contributed by atoms with Crippen LogP contribution in [0.2, 0.25) is 0 Å². The molecular weight excluding hydrogens is 212 g/mol. The zero-order chi connectivity index (χ0) is 13.1. The van der Waals surface area contributed by atoms with E-state index in [9.17, 15) is 5.11 Å². The molecule has 0 spiro atoms. The molecule has 0 radical (unpaired) electrons. The quantitative estimate of drug-likeness (QED) is 0.758. The van der Waals surface area contributed by atoms with Crippen molar-refractivity contribution in [3.63, 3.8) is 0 Å². The van der Waals surface area contributed by atoms with Crippen molar-refractivity contribution in [2.75, 3.05) is 0 Å². The molecule has 1 fully saturated rings. The summed E-state index contributed by atoms with van der Waals surface area (Å²) < 4.78 is 6.11. The van der Waals surface area contributed by atoms with Crippen LogP contribution in [0.25, 0.3) is 0 Å². The molecule has 1 heterocycles. The van der Waals surface area contributed by atoms with E-state index in [-0.39, 0.29) is 11.7 Å². The van der Waals surface area contributed by atoms with Crippen molar-refractivity contribution in [3.8, 4) is 0 Å². The van der Waals surface area contributed by atoms with E-state index >= 15 is 0 Å². The number of hydrogen-bond acceptors (Lipinski definition) is 2. The first-order valence-corrected chi connectivity index (χ1v) is 6.46. The van der Waals surface area contributed by atoms with Gasteiger partial charge in [-0.15, -0.1) is 6.58 Å². The SMILES string of the molecule is C=C[C@]1(C)CC[C@@H](O)[C@](C)(CCC=C(C)C)O1. The smallest absolute Gasteiger partial charge is 0.0926 e. The molecule has 0 aliphatic carbocycles. The number of rotatable bonds is 4. The summed E-state index contributed by atoms with van der Waals surface area (Å²) in [5.41, 5.74) is 0.567. The fourth-order valence-electron chi connectivity index (χ4n) is 2.39. The van der Waals surface area contributed by atoms with Gasteiger partial charge in [-0.2, -0.15) is 0 Å². The van der Waals surface area contributed by atoms with Crippen LogP contribution in [0.1, 0.15) is 53.4 Å². The normalized spacial score (nSPS) is 37.6. The first-order chi connectivity index (χ1) is 7.81. The van der Waals surface area contributed by atoms with Crippen molar-refractivity contribution in [1.29, 1.82) is 0 Å². The van der Waals surface area contributed by atoms with Crippen molar-refractivity contribution < 1.29 is 9.84 Å². The van der Waals surface area contributed by atoms with E-state index in [1.807, 2.05) is 19.9 Å². The Labute approximate surface area is 105 Å². The summed E-state index contributed by atoms with van der Waals surface area (Å²) in [6, 6.07) is 0. The molecule has 1 aliphatic heterocycles. The van der Waals surface area contributed by atoms with Crippen LogP contribution in [-0.2, 0) is 4.74 Å². The molecule has 17 heavy (non-hydrogen) atoms. The minimum atomic E-state index is -0.451. The van der Waals surface area contributed by atoms with Crippen LogP contribution in [0.3, 0.4) is 0 Å². The Morgan fingerprint density at radius 2 is 2.12 bits per heavy atom. The molecule has 0 saturated carbocycles. The van der Waals surface area contributed by atoms with Crippen LogP contribution in [0.15, 0.2) is 24.3 Å². The molecule has 2 nitrogen and oxygen atoms in total. The maximum Gasteiger partial charge on any atom is 0.0926 e. The van der Waals surface area contributed by atoms with Crippen molar-refractivity contribution in [2.24, 2.45) is 0 Å². The average molecular weight is 238 g/mol. The molecule has 2 heteroatoms. The molecule has 1 rings (SSSR count). The lowest BCUT2D eigenvalue weighted by molar-refractivity contribution is -0.207. The van der Waals surface area contributed by atoms with E-state index in [4.69, 9.17) is 4.74 Å². The summed E-state index contributed by atoms with van der Waals surface area (Å²) >= 11 is 0. The van der Waals surface area contributed by atoms with Gasteiger partial charge in [-0.25, -0.2) is 0 Å². The summed E-state index contributed by atoms with van der Waals surface area (Å²) in [5, 5.41) is 10.1. The minimum absolute atomic E-state index is 0.293. The predicted molar refractivity (Wildman–Crippen MR) is 72.0 cm³/mol. The van der Waals surface area contributed by atoms with Gasteiger partial charge in [-0.1, -0.05) is 17.7 Å². The number of aliphatic hydroxyl groups is 1. The van der Waals surface area contributed by atoms with Gasteiger partial charge in [0.2, 0.25) is 0 Å². The summed E-state index contributed by atoms with van der Waals surface area (Å²) in [5.74, 6) is 0. The number of aliphatic hydroxyl groups excluding tert-OH is 1. The van der Waals surface area contributed by atoms with Crippen LogP contribution in [0.5, 0.6) is 0 Å². The second-order valence-electron chi connectivity index (χ2n) is 5.81. The zero-order valence-electron chi connectivity index (χ0n) is 11.6. The highest BCUT2D eigenvalue weighted by Gasteiger charge is 2.43. The van der Waals surface area contributed by atoms with Crippen molar-refractivity contribution >= 4 is 0 Å². The third kappa shape index (κ3) is 3.68. The average Bonchev–Trinajstić information content (AvgIpc) is 2.24. The Morgan fingerprint density at radius 3 is 2.65 bits per heavy atom. The zero-order valence-corrected chi connectivity index (χ0v) is 11.6. The first-order valence-electron chi connectivity index (χ1n) is 6.46. The standard InChI is InChI=1S/C15H26O2/c1-6-14(4)11-9-13(16)15(5,17-14)10-7-8-12(2)3/h6,8,13,16H,1,7,9-11H2,2-5H3/t13-,14-,15+/m1/s1. The summed E-state index contributed by atoms with van der Waals surface area (Å²) in [4.78, 5) is 0. The number of ether oxygens (including phenoxy) is 1. The summed E-state index contributed by atoms with van der Waals surface area (Å²) in [6.07, 6.45) is 7.11. The Balaban J connectivity index is 2.70. The van der Waals surface area contributed by atoms with Crippen LogP contribution in [0, 0.1) is 0 Å². The highest BCUT2D eigenvalue weighted by molar-refractivity contribution is 5.04. The highest BCUT2D eigenvalue weighted by atomic mass is 16.5. The van der Waals surface area contributed by atoms with E-state index in [1.165, 1.54) is 5.57 Å². The van der Waals surface area contributed by atoms with Crippen LogP contribution < -0.4 is 0 Å². The van der Waals surface area contributed by atoms with Gasteiger partial charge in [0.1, 0.15) is 0 Å². The molecule has 1 saturated heterocycles. The predicted octanol–water partition coefficient (Wildman–Crippen LogP) is 3.61. The summed E-state index contributed by atoms with van der Waals surface area (Å²) in [6.45, 7) is 12.1. The topological polar surface area (TPSA) is 29.5 Å². The number of hydrogen-bond donors (Lipinski definition) is 1. The summed E-state index contributed by atoms with van der Waals surface area (Å²) in [7, 11) is 0. The Kier molecular flexibility index (Phi) is 4.56. The van der Waals surface area contributed by atoms with E-state index in [0.717, 1.165) is 25.7 Å². The van der Waals surface area contributed by atoms with Gasteiger partial charge in [-0.05, 0) is 53.4 Å². The molecule has 0 amide bonds. The second kappa shape index (κ2) is 5.36. The van der Waals surface area contributed by atoms with Crippen LogP contribution in [0.4, 0.5) is 0 Å². The van der Waals surface area contributed by atoms with E-state index in [1.54, 1.807) is 0 Å². The van der Waals surface area contributed by atoms with Crippen molar-refractivity contribution in [1.82, 2.24) is 0 Å². The third-order valence-corrected chi connectivity index (χ3v) is 3.71. The lowest BCUT2D eigenvalue weighted by atomic mass is 9.82. The lowest BCUT2D eigenvalue weighted by Gasteiger charge is -2.47. The minimum Gasteiger partial charge on any atom is -0.390 e. The highest BCUT2D eigenvalue weighted by Crippen LogP contribution is 2.38. The van der Waals surface area contributed by atoms with Crippen LogP contribution in [-0.4, -0.2) is 22.4 Å². The largest absolute Gasteiger partial charge is 0.390 e. The molecule has 0 aromatic carbocycles. The molecule has 0 unspecified atom stereocenters. The van der Waals surface area contributed by atoms with Crippen molar-refractivity contribution in [2.45, 2.75) is 70.7 Å². The van der Waals surface area contributed by atoms with Crippen molar-refractivity contribution in [3.05, 3.63) is 24.3 Å². The molecule has 3 atom stereocenters. The molecule has 98 valence electrons. The molecule has 0 bridgehead atoms. The Bertz CT molecular complexity index is 304. The van der Waals surface area contributed by atoms with Gasteiger partial charge in [-0.3, -0.25) is 0 Å². The maximum absolute atomic E-state index is 10.1. The van der Waals surface area contributed by atoms with E-state index in [0.29, 0.717) is 0 Å². The van der Waals surface area contributed by atoms with Gasteiger partial charge < -0.3 is 9.84 Å². The Hall–Kier alpha value is -0.600. The maximum atomic E-state index is 10.1. The molecule has 1 aliphatic rings. The van der Waals surface area contributed by atoms with E-state index < -0.39 is 5.60 Å². The molecule has 0 aromatic rings. The van der Waals surface area contributed by atoms with Gasteiger partial charge >= 0.3 is 0 Å². The fourth-order valence-corrected chi connectivity index (χ4v) is 2.39. The number of allylic oxidation sites excluding steroid dienone is 2. The first kappa shape index (κ1) is 14.5. The van der Waals surface area contributed by atoms with Gasteiger partial charge in [0, 0.05) is 0 Å². The lowest BCUT2D eigenvalue weighted by Crippen LogP contribution is -2.52. The van der Waals surface area contributed by atoms with Crippen LogP contribution >= 0.6 is 0 Å². The second-order valence-corrected chi connectivity index (χ2v) is 5.81. The third-order valence-electron chi connectivity index (χ3n) is 3.71. The van der Waals surface area contributed by atoms with Gasteiger partial charge in [0.25, 0.3) is 0 Å². The molecular formula is C15H26O2. The molecule has 1 N–H and O–H groups in total.